The molecule has 0 saturated carbocycles. The van der Waals surface area contributed by atoms with Crippen LogP contribution in [0.25, 0.3) is 67.5 Å². The van der Waals surface area contributed by atoms with Gasteiger partial charge in [0, 0.05) is 22.3 Å². The molecule has 6 nitrogen and oxygen atoms in total. The van der Waals surface area contributed by atoms with Gasteiger partial charge in [-0.2, -0.15) is 5.26 Å². The van der Waals surface area contributed by atoms with Gasteiger partial charge in [-0.3, -0.25) is 0 Å². The van der Waals surface area contributed by atoms with Crippen LogP contribution in [0.1, 0.15) is 50.6 Å². The van der Waals surface area contributed by atoms with Gasteiger partial charge in [0.2, 0.25) is 0 Å². The summed E-state index contributed by atoms with van der Waals surface area (Å²) in [6.07, 6.45) is 0. The molecule has 9 aromatic carbocycles. The van der Waals surface area contributed by atoms with Gasteiger partial charge in [-0.05, 0) is 55.6 Å². The van der Waals surface area contributed by atoms with Gasteiger partial charge in [-0.1, -0.05) is 243 Å². The predicted octanol–water partition coefficient (Wildman–Crippen LogP) is 13.9. The van der Waals surface area contributed by atoms with Gasteiger partial charge in [-0.15, -0.1) is 0 Å². The summed E-state index contributed by atoms with van der Waals surface area (Å²) in [6.45, 7) is 0. The summed E-state index contributed by atoms with van der Waals surface area (Å²) < 4.78 is 0. The van der Waals surface area contributed by atoms with Crippen LogP contribution in [0.5, 0.6) is 0 Å². The highest BCUT2D eigenvalue weighted by Crippen LogP contribution is 2.65. The minimum atomic E-state index is -1.02. The summed E-state index contributed by atoms with van der Waals surface area (Å²) in [5, 5.41) is 11.1. The van der Waals surface area contributed by atoms with E-state index < -0.39 is 10.8 Å². The van der Waals surface area contributed by atoms with Crippen molar-refractivity contribution in [3.63, 3.8) is 0 Å². The third-order valence-corrected chi connectivity index (χ3v) is 14.1. The summed E-state index contributed by atoms with van der Waals surface area (Å²) >= 11 is 0. The van der Waals surface area contributed by atoms with E-state index >= 15 is 0 Å². The Kier molecular flexibility index (Phi) is 9.57. The zero-order valence-corrected chi connectivity index (χ0v) is 37.8. The lowest BCUT2D eigenvalue weighted by Crippen LogP contribution is -2.53. The predicted molar refractivity (Wildman–Crippen MR) is 276 cm³/mol. The normalized spacial score (nSPS) is 16.1. The molecular formula is C64H40N6. The number of benzene rings is 9. The third kappa shape index (κ3) is 6.15. The molecule has 326 valence electrons. The van der Waals surface area contributed by atoms with Gasteiger partial charge in [0.1, 0.15) is 28.3 Å². The molecule has 11 aromatic rings. The molecule has 2 bridgehead atoms. The molecule has 0 spiro atoms. The van der Waals surface area contributed by atoms with Gasteiger partial charge in [-0.25, -0.2) is 24.9 Å². The summed E-state index contributed by atoms with van der Waals surface area (Å²) in [7, 11) is 0. The van der Waals surface area contributed by atoms with Crippen LogP contribution >= 0.6 is 0 Å². The Morgan fingerprint density at radius 2 is 0.514 bits per heavy atom. The molecule has 0 N–H and O–H groups in total. The fourth-order valence-corrected chi connectivity index (χ4v) is 11.0. The van der Waals surface area contributed by atoms with Gasteiger partial charge in [0.15, 0.2) is 17.5 Å². The van der Waals surface area contributed by atoms with E-state index in [1.807, 2.05) is 72.8 Å². The number of nitrogens with zero attached hydrogens (tertiary/aromatic N) is 6. The van der Waals surface area contributed by atoms with E-state index in [2.05, 4.69) is 176 Å². The van der Waals surface area contributed by atoms with Crippen LogP contribution in [0.3, 0.4) is 0 Å². The second-order valence-corrected chi connectivity index (χ2v) is 17.8. The first kappa shape index (κ1) is 40.8. The number of aromatic nitrogens is 5. The molecule has 0 atom stereocenters. The highest BCUT2D eigenvalue weighted by Gasteiger charge is 2.62. The number of hydrogen-bond donors (Lipinski definition) is 0. The van der Waals surface area contributed by atoms with Gasteiger partial charge >= 0.3 is 0 Å². The van der Waals surface area contributed by atoms with Gasteiger partial charge in [0.25, 0.3) is 0 Å². The minimum Gasteiger partial charge on any atom is -0.230 e. The van der Waals surface area contributed by atoms with Crippen LogP contribution in [0.15, 0.2) is 243 Å². The molecule has 0 unspecified atom stereocenters. The van der Waals surface area contributed by atoms with E-state index in [4.69, 9.17) is 24.9 Å². The van der Waals surface area contributed by atoms with Crippen LogP contribution in [-0.4, -0.2) is 24.9 Å². The van der Waals surface area contributed by atoms with E-state index in [9.17, 15) is 5.26 Å². The standard InChI is InChI=1S/C64H40N6/c65-41-50-57(46-23-9-3-10-24-46)66-61(67-58(50)47-37-33-44(34-38-47)42-19-5-1-6-20-42)63-51-27-13-16-30-54(51)64(55-31-17-14-28-52(55)63,56-32-18-15-29-53(56)63)62-69-59(48-25-11-4-12-26-48)68-60(70-62)49-39-35-45(36-40-49)43-21-7-2-8-22-43/h1-40H. The maximum absolute atomic E-state index is 11.1. The van der Waals surface area contributed by atoms with Crippen LogP contribution < -0.4 is 0 Å². The lowest BCUT2D eigenvalue weighted by molar-refractivity contribution is 0.518. The minimum absolute atomic E-state index is 0.414. The van der Waals surface area contributed by atoms with Crippen molar-refractivity contribution >= 4 is 0 Å². The fraction of sp³-hybridized carbons (Fsp3) is 0.0312. The Morgan fingerprint density at radius 3 is 0.886 bits per heavy atom. The van der Waals surface area contributed by atoms with Gasteiger partial charge < -0.3 is 0 Å². The molecule has 0 amide bonds. The van der Waals surface area contributed by atoms with E-state index in [1.165, 1.54) is 0 Å². The first-order valence-corrected chi connectivity index (χ1v) is 23.5. The van der Waals surface area contributed by atoms with Crippen molar-refractivity contribution in [3.8, 4) is 73.6 Å². The van der Waals surface area contributed by atoms with Crippen molar-refractivity contribution in [1.82, 2.24) is 24.9 Å². The Morgan fingerprint density at radius 1 is 0.257 bits per heavy atom. The highest BCUT2D eigenvalue weighted by molar-refractivity contribution is 5.84. The van der Waals surface area contributed by atoms with Crippen molar-refractivity contribution in [3.05, 3.63) is 293 Å². The smallest absolute Gasteiger partial charge is 0.163 e. The summed E-state index contributed by atoms with van der Waals surface area (Å²) in [5.41, 5.74) is 13.6. The monoisotopic (exact) mass is 892 g/mol. The van der Waals surface area contributed by atoms with Crippen molar-refractivity contribution in [2.75, 3.05) is 0 Å². The molecular weight excluding hydrogens is 853 g/mol. The number of nitriles is 1. The molecule has 0 fully saturated rings. The lowest BCUT2D eigenvalue weighted by Gasteiger charge is -2.55. The Hall–Kier alpha value is -9.44. The van der Waals surface area contributed by atoms with E-state index in [0.29, 0.717) is 40.2 Å². The zero-order valence-electron chi connectivity index (χ0n) is 37.8. The molecule has 0 aliphatic heterocycles. The quantitative estimate of drug-likeness (QED) is 0.151. The molecule has 6 heteroatoms. The van der Waals surface area contributed by atoms with Crippen LogP contribution in [0, 0.1) is 11.3 Å². The Balaban J connectivity index is 1.09. The molecule has 70 heavy (non-hydrogen) atoms. The van der Waals surface area contributed by atoms with Gasteiger partial charge in [0.05, 0.1) is 11.4 Å². The summed E-state index contributed by atoms with van der Waals surface area (Å²) in [6, 6.07) is 86.3. The van der Waals surface area contributed by atoms with E-state index in [-0.39, 0.29) is 0 Å². The second-order valence-electron chi connectivity index (χ2n) is 17.8. The summed E-state index contributed by atoms with van der Waals surface area (Å²) in [5.74, 6) is 2.36. The zero-order chi connectivity index (χ0) is 46.7. The third-order valence-electron chi connectivity index (χ3n) is 14.1. The van der Waals surface area contributed by atoms with E-state index in [0.717, 1.165) is 77.9 Å². The van der Waals surface area contributed by atoms with Crippen molar-refractivity contribution in [1.29, 1.82) is 5.26 Å². The summed E-state index contributed by atoms with van der Waals surface area (Å²) in [4.78, 5) is 27.6. The van der Waals surface area contributed by atoms with Crippen LogP contribution in [0.4, 0.5) is 0 Å². The van der Waals surface area contributed by atoms with Crippen molar-refractivity contribution in [2.24, 2.45) is 0 Å². The number of rotatable bonds is 8. The van der Waals surface area contributed by atoms with Crippen molar-refractivity contribution in [2.45, 2.75) is 10.8 Å². The van der Waals surface area contributed by atoms with Crippen molar-refractivity contribution < 1.29 is 0 Å². The lowest BCUT2D eigenvalue weighted by atomic mass is 9.46. The Labute approximate surface area is 406 Å². The van der Waals surface area contributed by atoms with Crippen LogP contribution in [0.2, 0.25) is 0 Å². The molecule has 0 radical (unpaired) electrons. The average molecular weight is 893 g/mol. The molecule has 3 aliphatic rings. The second kappa shape index (κ2) is 16.4. The molecule has 0 saturated heterocycles. The maximum Gasteiger partial charge on any atom is 0.163 e. The fourth-order valence-electron chi connectivity index (χ4n) is 11.0. The molecule has 3 aliphatic carbocycles. The average Bonchev–Trinajstić information content (AvgIpc) is 3.45. The molecule has 2 heterocycles. The first-order chi connectivity index (χ1) is 34.7. The first-order valence-electron chi connectivity index (χ1n) is 23.5. The maximum atomic E-state index is 11.1. The molecule has 14 rings (SSSR count). The number of hydrogen-bond acceptors (Lipinski definition) is 6. The molecule has 2 aromatic heterocycles. The SMILES string of the molecule is N#Cc1c(-c2ccccc2)nc(C23c4ccccc4C(c4nc(-c5ccccc5)nc(-c5ccc(-c6ccccc6)cc5)n4)(c4ccccc42)c2ccccc23)nc1-c1ccc(-c2ccccc2)cc1. The highest BCUT2D eigenvalue weighted by atomic mass is 15.1. The topological polar surface area (TPSA) is 88.2 Å². The van der Waals surface area contributed by atoms with Crippen LogP contribution in [-0.2, 0) is 10.8 Å². The Bertz CT molecular complexity index is 3690. The largest absolute Gasteiger partial charge is 0.230 e. The van der Waals surface area contributed by atoms with E-state index in [1.54, 1.807) is 0 Å².